The van der Waals surface area contributed by atoms with Gasteiger partial charge in [-0.1, -0.05) is 127 Å². The van der Waals surface area contributed by atoms with Gasteiger partial charge in [-0.05, 0) is 110 Å². The zero-order valence-electron chi connectivity index (χ0n) is 32.9. The molecule has 2 aliphatic heterocycles. The summed E-state index contributed by atoms with van der Waals surface area (Å²) in [5, 5.41) is 0. The Morgan fingerprint density at radius 2 is 0.842 bits per heavy atom. The molecular formula is C53H44N4. The summed E-state index contributed by atoms with van der Waals surface area (Å²) in [5.41, 5.74) is 20.6. The fourth-order valence-corrected chi connectivity index (χ4v) is 7.76. The van der Waals surface area contributed by atoms with E-state index >= 15 is 0 Å². The van der Waals surface area contributed by atoms with Crippen molar-refractivity contribution >= 4 is 46.4 Å². The van der Waals surface area contributed by atoms with Crippen molar-refractivity contribution in [2.45, 2.75) is 47.0 Å². The van der Waals surface area contributed by atoms with E-state index in [2.05, 4.69) is 195 Å². The van der Waals surface area contributed by atoms with Crippen LogP contribution >= 0.6 is 0 Å². The molecule has 7 aromatic rings. The molecule has 0 spiro atoms. The Labute approximate surface area is 334 Å². The molecule has 57 heavy (non-hydrogen) atoms. The van der Waals surface area contributed by atoms with Crippen LogP contribution in [0, 0.1) is 32.6 Å². The molecule has 0 radical (unpaired) electrons. The SMILES string of the molecule is CCCCC#Cc1cccc(-c2c3nc(c(-c4ccc(C)cc4)c4ccc([nH]4)c(-c4ccc(C)cc4)c4nc(c(-c5ccc(C)cc5)c5ccc2[nH]5)C=C4)C=C3)c1. The average Bonchev–Trinajstić information content (AvgIpc) is 4.07. The van der Waals surface area contributed by atoms with E-state index in [4.69, 9.17) is 9.97 Å². The molecule has 0 amide bonds. The van der Waals surface area contributed by atoms with Gasteiger partial charge in [0.25, 0.3) is 0 Å². The average molecular weight is 737 g/mol. The predicted molar refractivity (Wildman–Crippen MR) is 241 cm³/mol. The van der Waals surface area contributed by atoms with Crippen molar-refractivity contribution in [3.05, 3.63) is 166 Å². The first-order chi connectivity index (χ1) is 27.9. The Bertz CT molecular complexity index is 2900. The Kier molecular flexibility index (Phi) is 9.58. The molecule has 0 unspecified atom stereocenters. The molecule has 8 bridgehead atoms. The highest BCUT2D eigenvalue weighted by Gasteiger charge is 2.19. The van der Waals surface area contributed by atoms with Crippen LogP contribution in [0.15, 0.2) is 121 Å². The summed E-state index contributed by atoms with van der Waals surface area (Å²) in [6, 6.07) is 43.5. The second-order valence-corrected chi connectivity index (χ2v) is 15.1. The highest BCUT2D eigenvalue weighted by atomic mass is 14.8. The lowest BCUT2D eigenvalue weighted by Gasteiger charge is -2.08. The molecule has 2 N–H and O–H groups in total. The first-order valence-electron chi connectivity index (χ1n) is 19.9. The topological polar surface area (TPSA) is 57.4 Å². The van der Waals surface area contributed by atoms with Gasteiger partial charge in [0.05, 0.1) is 22.8 Å². The van der Waals surface area contributed by atoms with Crippen LogP contribution in [-0.4, -0.2) is 19.9 Å². The Morgan fingerprint density at radius 1 is 0.456 bits per heavy atom. The van der Waals surface area contributed by atoms with E-state index < -0.39 is 0 Å². The molecule has 2 aliphatic rings. The minimum absolute atomic E-state index is 0.885. The molecule has 3 aromatic heterocycles. The number of benzene rings is 4. The van der Waals surface area contributed by atoms with Crippen molar-refractivity contribution in [1.29, 1.82) is 0 Å². The highest BCUT2D eigenvalue weighted by Crippen LogP contribution is 2.38. The van der Waals surface area contributed by atoms with E-state index in [1.54, 1.807) is 0 Å². The van der Waals surface area contributed by atoms with Crippen molar-refractivity contribution in [1.82, 2.24) is 19.9 Å². The van der Waals surface area contributed by atoms with E-state index in [1.807, 2.05) is 0 Å². The summed E-state index contributed by atoms with van der Waals surface area (Å²) in [4.78, 5) is 18.6. The maximum atomic E-state index is 5.47. The number of nitrogens with zero attached hydrogens (tertiary/aromatic N) is 2. The fraction of sp³-hybridized carbons (Fsp3) is 0.132. The van der Waals surface area contributed by atoms with Crippen LogP contribution in [-0.2, 0) is 0 Å². The van der Waals surface area contributed by atoms with Gasteiger partial charge in [0.15, 0.2) is 0 Å². The first-order valence-corrected chi connectivity index (χ1v) is 19.9. The molecule has 0 saturated heterocycles. The van der Waals surface area contributed by atoms with Crippen LogP contribution in [0.1, 0.15) is 71.2 Å². The maximum Gasteiger partial charge on any atom is 0.0737 e. The smallest absolute Gasteiger partial charge is 0.0737 e. The number of rotatable bonds is 6. The Hall–Kier alpha value is -6.96. The van der Waals surface area contributed by atoms with Crippen molar-refractivity contribution < 1.29 is 0 Å². The summed E-state index contributed by atoms with van der Waals surface area (Å²) in [5.74, 6) is 6.81. The van der Waals surface area contributed by atoms with Crippen LogP contribution in [0.3, 0.4) is 0 Å². The van der Waals surface area contributed by atoms with Gasteiger partial charge in [-0.3, -0.25) is 0 Å². The second kappa shape index (κ2) is 15.3. The van der Waals surface area contributed by atoms with Gasteiger partial charge in [0, 0.05) is 56.3 Å². The molecule has 0 atom stereocenters. The Morgan fingerprint density at radius 3 is 1.23 bits per heavy atom. The summed E-state index contributed by atoms with van der Waals surface area (Å²) in [7, 11) is 0. The number of hydrogen-bond acceptors (Lipinski definition) is 2. The second-order valence-electron chi connectivity index (χ2n) is 15.1. The van der Waals surface area contributed by atoms with Crippen molar-refractivity contribution in [2.24, 2.45) is 0 Å². The van der Waals surface area contributed by atoms with Crippen LogP contribution in [0.2, 0.25) is 0 Å². The lowest BCUT2D eigenvalue weighted by molar-refractivity contribution is 0.828. The monoisotopic (exact) mass is 736 g/mol. The summed E-state index contributed by atoms with van der Waals surface area (Å²) >= 11 is 0. The quantitative estimate of drug-likeness (QED) is 0.132. The molecule has 5 heterocycles. The molecule has 4 nitrogen and oxygen atoms in total. The number of H-pyrrole nitrogens is 2. The number of hydrogen-bond donors (Lipinski definition) is 2. The van der Waals surface area contributed by atoms with Gasteiger partial charge in [0.2, 0.25) is 0 Å². The van der Waals surface area contributed by atoms with E-state index in [-0.39, 0.29) is 0 Å². The normalized spacial score (nSPS) is 11.8. The number of aromatic nitrogens is 4. The summed E-state index contributed by atoms with van der Waals surface area (Å²) in [6.07, 6.45) is 11.7. The zero-order valence-corrected chi connectivity index (χ0v) is 32.9. The van der Waals surface area contributed by atoms with Crippen molar-refractivity contribution in [3.8, 4) is 56.3 Å². The Balaban J connectivity index is 1.42. The van der Waals surface area contributed by atoms with E-state index in [0.29, 0.717) is 0 Å². The molecule has 276 valence electrons. The van der Waals surface area contributed by atoms with Crippen molar-refractivity contribution in [3.63, 3.8) is 0 Å². The third-order valence-electron chi connectivity index (χ3n) is 10.8. The van der Waals surface area contributed by atoms with Gasteiger partial charge in [0.1, 0.15) is 0 Å². The number of unbranched alkanes of at least 4 members (excludes halogenated alkanes) is 2. The summed E-state index contributed by atoms with van der Waals surface area (Å²) in [6.45, 7) is 8.57. The number of aryl methyl sites for hydroxylation is 3. The van der Waals surface area contributed by atoms with E-state index in [0.717, 1.165) is 114 Å². The standard InChI is InChI=1S/C53H44N4/c1-5-6-7-8-10-37-11-9-12-41(33-37)53-48-31-29-46(56-48)51(39-21-15-35(3)16-22-39)44-27-25-42(54-44)50(38-19-13-34(2)14-20-38)43-26-28-45(55-43)52(47-30-32-49(53)57-47)40-23-17-36(4)18-24-40/h9,11-33,54,57H,5-7H2,1-4H3. The van der Waals surface area contributed by atoms with Crippen LogP contribution in [0.4, 0.5) is 0 Å². The zero-order chi connectivity index (χ0) is 38.9. The molecular weight excluding hydrogens is 693 g/mol. The number of nitrogens with one attached hydrogen (secondary N) is 2. The third kappa shape index (κ3) is 7.17. The van der Waals surface area contributed by atoms with Gasteiger partial charge < -0.3 is 9.97 Å². The van der Waals surface area contributed by atoms with Crippen molar-refractivity contribution in [2.75, 3.05) is 0 Å². The molecule has 0 saturated carbocycles. The van der Waals surface area contributed by atoms with E-state index in [9.17, 15) is 0 Å². The van der Waals surface area contributed by atoms with Crippen LogP contribution < -0.4 is 0 Å². The van der Waals surface area contributed by atoms with Gasteiger partial charge in [-0.15, -0.1) is 0 Å². The third-order valence-corrected chi connectivity index (χ3v) is 10.8. The highest BCUT2D eigenvalue weighted by molar-refractivity contribution is 5.99. The molecule has 0 aliphatic carbocycles. The van der Waals surface area contributed by atoms with Gasteiger partial charge in [-0.25, -0.2) is 9.97 Å². The lowest BCUT2D eigenvalue weighted by atomic mass is 10.0. The number of fused-ring (bicyclic) bond motifs is 8. The van der Waals surface area contributed by atoms with Crippen LogP contribution in [0.5, 0.6) is 0 Å². The minimum atomic E-state index is 0.885. The first kappa shape index (κ1) is 35.7. The number of aromatic amines is 2. The van der Waals surface area contributed by atoms with Crippen LogP contribution in [0.25, 0.3) is 90.9 Å². The summed E-state index contributed by atoms with van der Waals surface area (Å²) < 4.78 is 0. The molecule has 4 heteroatoms. The molecule has 0 fully saturated rings. The predicted octanol–water partition coefficient (Wildman–Crippen LogP) is 13.8. The van der Waals surface area contributed by atoms with E-state index in [1.165, 1.54) is 16.7 Å². The molecule has 4 aromatic carbocycles. The largest absolute Gasteiger partial charge is 0.354 e. The lowest BCUT2D eigenvalue weighted by Crippen LogP contribution is -1.90. The molecule has 9 rings (SSSR count). The maximum absolute atomic E-state index is 5.47. The minimum Gasteiger partial charge on any atom is -0.354 e. The fourth-order valence-electron chi connectivity index (χ4n) is 7.76. The van der Waals surface area contributed by atoms with Gasteiger partial charge >= 0.3 is 0 Å². The van der Waals surface area contributed by atoms with Gasteiger partial charge in [-0.2, -0.15) is 0 Å².